The molecule has 0 aromatic rings. The van der Waals surface area contributed by atoms with Crippen LogP contribution in [-0.2, 0) is 0 Å². The molecule has 0 aliphatic heterocycles. The van der Waals surface area contributed by atoms with Gasteiger partial charge in [0.15, 0.2) is 0 Å². The molecule has 0 spiro atoms. The van der Waals surface area contributed by atoms with Gasteiger partial charge in [-0.3, -0.25) is 0 Å². The molecule has 98 valence electrons. The molecule has 0 amide bonds. The van der Waals surface area contributed by atoms with Gasteiger partial charge in [0.1, 0.15) is 0 Å². The van der Waals surface area contributed by atoms with Crippen LogP contribution in [0.4, 0.5) is 0 Å². The minimum absolute atomic E-state index is 0.747. The zero-order valence-electron chi connectivity index (χ0n) is 12.2. The lowest BCUT2D eigenvalue weighted by molar-refractivity contribution is 0.327. The van der Waals surface area contributed by atoms with E-state index in [0.717, 1.165) is 17.9 Å². The molecule has 0 radical (unpaired) electrons. The van der Waals surface area contributed by atoms with Gasteiger partial charge in [0.2, 0.25) is 0 Å². The second kappa shape index (κ2) is 10.1. The zero-order valence-corrected chi connectivity index (χ0v) is 12.2. The number of hydrogen-bond acceptors (Lipinski definition) is 1. The predicted molar refractivity (Wildman–Crippen MR) is 74.8 cm³/mol. The topological polar surface area (TPSA) is 12.0 Å². The third-order valence-electron chi connectivity index (χ3n) is 3.54. The molecule has 1 heteroatoms. The summed E-state index contributed by atoms with van der Waals surface area (Å²) >= 11 is 0. The Morgan fingerprint density at radius 3 is 2.00 bits per heavy atom. The fourth-order valence-electron chi connectivity index (χ4n) is 2.36. The van der Waals surface area contributed by atoms with Gasteiger partial charge < -0.3 is 5.32 Å². The number of rotatable bonds is 10. The van der Waals surface area contributed by atoms with Gasteiger partial charge in [-0.15, -0.1) is 0 Å². The average molecular weight is 227 g/mol. The molecule has 0 fully saturated rings. The van der Waals surface area contributed by atoms with Crippen molar-refractivity contribution in [3.05, 3.63) is 0 Å². The molecule has 0 bridgehead atoms. The molecule has 0 heterocycles. The molecule has 16 heavy (non-hydrogen) atoms. The van der Waals surface area contributed by atoms with Crippen molar-refractivity contribution in [2.75, 3.05) is 6.54 Å². The maximum absolute atomic E-state index is 3.72. The first-order valence-corrected chi connectivity index (χ1v) is 7.37. The number of nitrogens with one attached hydrogen (secondary N) is 1. The highest BCUT2D eigenvalue weighted by Crippen LogP contribution is 2.19. The van der Waals surface area contributed by atoms with Crippen molar-refractivity contribution in [2.45, 2.75) is 79.2 Å². The van der Waals surface area contributed by atoms with Crippen LogP contribution in [0.2, 0.25) is 0 Å². The average Bonchev–Trinajstić information content (AvgIpc) is 2.26. The lowest BCUT2D eigenvalue weighted by Gasteiger charge is -2.24. The van der Waals surface area contributed by atoms with Gasteiger partial charge >= 0.3 is 0 Å². The number of hydrogen-bond donors (Lipinski definition) is 1. The van der Waals surface area contributed by atoms with E-state index in [-0.39, 0.29) is 0 Å². The Morgan fingerprint density at radius 2 is 1.50 bits per heavy atom. The van der Waals surface area contributed by atoms with Gasteiger partial charge in [-0.2, -0.15) is 0 Å². The van der Waals surface area contributed by atoms with Crippen LogP contribution < -0.4 is 5.32 Å². The minimum atomic E-state index is 0.747. The van der Waals surface area contributed by atoms with Crippen LogP contribution in [0, 0.1) is 11.8 Å². The molecule has 1 N–H and O–H groups in total. The van der Waals surface area contributed by atoms with Crippen LogP contribution in [0.3, 0.4) is 0 Å². The maximum Gasteiger partial charge on any atom is 0.00721 e. The van der Waals surface area contributed by atoms with Crippen LogP contribution in [-0.4, -0.2) is 12.6 Å². The normalized spacial score (nSPS) is 17.1. The molecule has 0 aliphatic rings. The minimum Gasteiger partial charge on any atom is -0.314 e. The summed E-state index contributed by atoms with van der Waals surface area (Å²) in [5.74, 6) is 1.74. The first kappa shape index (κ1) is 16.0. The van der Waals surface area contributed by atoms with Gasteiger partial charge in [0, 0.05) is 6.04 Å². The fourth-order valence-corrected chi connectivity index (χ4v) is 2.36. The highest BCUT2D eigenvalue weighted by Gasteiger charge is 2.14. The van der Waals surface area contributed by atoms with Crippen molar-refractivity contribution in [1.29, 1.82) is 0 Å². The van der Waals surface area contributed by atoms with E-state index < -0.39 is 0 Å². The van der Waals surface area contributed by atoms with E-state index in [9.17, 15) is 0 Å². The van der Waals surface area contributed by atoms with Crippen molar-refractivity contribution >= 4 is 0 Å². The van der Waals surface area contributed by atoms with E-state index in [4.69, 9.17) is 0 Å². The highest BCUT2D eigenvalue weighted by molar-refractivity contribution is 4.72. The second-order valence-corrected chi connectivity index (χ2v) is 5.53. The van der Waals surface area contributed by atoms with Crippen LogP contribution in [0.1, 0.15) is 73.1 Å². The van der Waals surface area contributed by atoms with E-state index >= 15 is 0 Å². The molecular formula is C15H33N. The van der Waals surface area contributed by atoms with Crippen LogP contribution in [0.25, 0.3) is 0 Å². The lowest BCUT2D eigenvalue weighted by Crippen LogP contribution is -2.33. The standard InChI is InChI=1S/C15H33N/c1-6-9-14(5)12-15(16-10-7-2)11-13(4)8-3/h13-16H,6-12H2,1-5H3. The van der Waals surface area contributed by atoms with Gasteiger partial charge in [-0.05, 0) is 37.6 Å². The van der Waals surface area contributed by atoms with Crippen molar-refractivity contribution in [3.8, 4) is 0 Å². The fraction of sp³-hybridized carbons (Fsp3) is 1.00. The quantitative estimate of drug-likeness (QED) is 0.574. The Morgan fingerprint density at radius 1 is 0.875 bits per heavy atom. The Labute approximate surface area is 103 Å². The molecule has 1 nitrogen and oxygen atoms in total. The second-order valence-electron chi connectivity index (χ2n) is 5.53. The predicted octanol–water partition coefficient (Wildman–Crippen LogP) is 4.62. The monoisotopic (exact) mass is 227 g/mol. The molecule has 3 atom stereocenters. The summed E-state index contributed by atoms with van der Waals surface area (Å²) in [7, 11) is 0. The lowest BCUT2D eigenvalue weighted by atomic mass is 9.90. The zero-order chi connectivity index (χ0) is 12.4. The third-order valence-corrected chi connectivity index (χ3v) is 3.54. The summed E-state index contributed by atoms with van der Waals surface area (Å²) in [5, 5.41) is 3.72. The summed E-state index contributed by atoms with van der Waals surface area (Å²) in [4.78, 5) is 0. The van der Waals surface area contributed by atoms with Gasteiger partial charge in [0.25, 0.3) is 0 Å². The molecule has 0 aromatic carbocycles. The van der Waals surface area contributed by atoms with Gasteiger partial charge in [0.05, 0.1) is 0 Å². The molecule has 0 aromatic heterocycles. The van der Waals surface area contributed by atoms with E-state index in [1.807, 2.05) is 0 Å². The molecule has 0 aliphatic carbocycles. The van der Waals surface area contributed by atoms with E-state index in [1.165, 1.54) is 45.1 Å². The largest absolute Gasteiger partial charge is 0.314 e. The summed E-state index contributed by atoms with van der Waals surface area (Å²) in [5.41, 5.74) is 0. The summed E-state index contributed by atoms with van der Waals surface area (Å²) < 4.78 is 0. The Hall–Kier alpha value is -0.0400. The van der Waals surface area contributed by atoms with Crippen LogP contribution >= 0.6 is 0 Å². The summed E-state index contributed by atoms with van der Waals surface area (Å²) in [6, 6.07) is 0.747. The molecule has 0 saturated heterocycles. The molecular weight excluding hydrogens is 194 g/mol. The van der Waals surface area contributed by atoms with Crippen molar-refractivity contribution in [3.63, 3.8) is 0 Å². The Balaban J connectivity index is 3.97. The van der Waals surface area contributed by atoms with Crippen molar-refractivity contribution < 1.29 is 0 Å². The van der Waals surface area contributed by atoms with Crippen molar-refractivity contribution in [2.24, 2.45) is 11.8 Å². The first-order chi connectivity index (χ1) is 7.63. The van der Waals surface area contributed by atoms with Crippen molar-refractivity contribution in [1.82, 2.24) is 5.32 Å². The maximum atomic E-state index is 3.72. The summed E-state index contributed by atoms with van der Waals surface area (Å²) in [6.45, 7) is 12.8. The van der Waals surface area contributed by atoms with Crippen LogP contribution in [0.5, 0.6) is 0 Å². The van der Waals surface area contributed by atoms with E-state index in [2.05, 4.69) is 39.9 Å². The van der Waals surface area contributed by atoms with E-state index in [1.54, 1.807) is 0 Å². The first-order valence-electron chi connectivity index (χ1n) is 7.37. The molecule has 3 unspecified atom stereocenters. The third kappa shape index (κ3) is 8.15. The molecule has 0 saturated carbocycles. The SMILES string of the molecule is CCCNC(CC(C)CC)CC(C)CCC. The van der Waals surface area contributed by atoms with Gasteiger partial charge in [-0.1, -0.05) is 53.9 Å². The Bertz CT molecular complexity index is 144. The molecule has 0 rings (SSSR count). The van der Waals surface area contributed by atoms with E-state index in [0.29, 0.717) is 0 Å². The van der Waals surface area contributed by atoms with Gasteiger partial charge in [-0.25, -0.2) is 0 Å². The smallest absolute Gasteiger partial charge is 0.00721 e. The Kier molecular flexibility index (Phi) is 10.1. The summed E-state index contributed by atoms with van der Waals surface area (Å²) in [6.07, 6.45) is 7.98. The highest BCUT2D eigenvalue weighted by atomic mass is 14.9. The van der Waals surface area contributed by atoms with Crippen LogP contribution in [0.15, 0.2) is 0 Å².